The maximum atomic E-state index is 13.0. The highest BCUT2D eigenvalue weighted by Crippen LogP contribution is 2.32. The SMILES string of the molecule is O=C(CN1N=C(C(=O)Nc2ccc(F)cc2)CCC1=O)Nc1ccc2c(c1)OCCO2. The van der Waals surface area contributed by atoms with Crippen LogP contribution in [0.4, 0.5) is 15.8 Å². The van der Waals surface area contributed by atoms with Gasteiger partial charge in [-0.1, -0.05) is 0 Å². The zero-order valence-corrected chi connectivity index (χ0v) is 16.4. The summed E-state index contributed by atoms with van der Waals surface area (Å²) in [5.74, 6) is -0.664. The summed E-state index contributed by atoms with van der Waals surface area (Å²) in [4.78, 5) is 37.0. The second kappa shape index (κ2) is 8.82. The summed E-state index contributed by atoms with van der Waals surface area (Å²) in [6, 6.07) is 10.3. The zero-order chi connectivity index (χ0) is 21.8. The second-order valence-electron chi connectivity index (χ2n) is 6.87. The lowest BCUT2D eigenvalue weighted by molar-refractivity contribution is -0.135. The van der Waals surface area contributed by atoms with E-state index in [9.17, 15) is 18.8 Å². The topological polar surface area (TPSA) is 109 Å². The van der Waals surface area contributed by atoms with E-state index >= 15 is 0 Å². The lowest BCUT2D eigenvalue weighted by Gasteiger charge is -2.23. The Morgan fingerprint density at radius 1 is 0.968 bits per heavy atom. The lowest BCUT2D eigenvalue weighted by Crippen LogP contribution is -2.40. The van der Waals surface area contributed by atoms with E-state index in [0.29, 0.717) is 36.1 Å². The number of carbonyl (C=O) groups is 3. The molecule has 0 radical (unpaired) electrons. The number of nitrogens with one attached hydrogen (secondary N) is 2. The van der Waals surface area contributed by atoms with Crippen LogP contribution in [0.15, 0.2) is 47.6 Å². The number of hydrogen-bond acceptors (Lipinski definition) is 6. The van der Waals surface area contributed by atoms with Crippen molar-refractivity contribution in [2.75, 3.05) is 30.4 Å². The minimum Gasteiger partial charge on any atom is -0.486 e. The van der Waals surface area contributed by atoms with Gasteiger partial charge in [-0.3, -0.25) is 14.4 Å². The van der Waals surface area contributed by atoms with Crippen molar-refractivity contribution in [3.05, 3.63) is 48.3 Å². The van der Waals surface area contributed by atoms with Gasteiger partial charge in [0.05, 0.1) is 0 Å². The number of hydrazone groups is 1. The first-order valence-corrected chi connectivity index (χ1v) is 9.62. The molecule has 2 heterocycles. The van der Waals surface area contributed by atoms with E-state index < -0.39 is 17.6 Å². The predicted molar refractivity (Wildman–Crippen MR) is 109 cm³/mol. The van der Waals surface area contributed by atoms with E-state index in [1.54, 1.807) is 18.2 Å². The van der Waals surface area contributed by atoms with Crippen molar-refractivity contribution in [3.63, 3.8) is 0 Å². The molecular formula is C21H19FN4O5. The zero-order valence-electron chi connectivity index (χ0n) is 16.4. The summed E-state index contributed by atoms with van der Waals surface area (Å²) >= 11 is 0. The summed E-state index contributed by atoms with van der Waals surface area (Å²) < 4.78 is 23.9. The van der Waals surface area contributed by atoms with Crippen molar-refractivity contribution < 1.29 is 28.2 Å². The minimum atomic E-state index is -0.517. The molecule has 10 heteroatoms. The molecule has 0 aromatic heterocycles. The Morgan fingerprint density at radius 3 is 2.45 bits per heavy atom. The highest BCUT2D eigenvalue weighted by molar-refractivity contribution is 6.43. The highest BCUT2D eigenvalue weighted by atomic mass is 19.1. The van der Waals surface area contributed by atoms with Gasteiger partial charge in [-0.05, 0) is 36.4 Å². The predicted octanol–water partition coefficient (Wildman–Crippen LogP) is 2.15. The van der Waals surface area contributed by atoms with E-state index in [2.05, 4.69) is 15.7 Å². The first-order chi connectivity index (χ1) is 15.0. The normalized spacial score (nSPS) is 15.2. The highest BCUT2D eigenvalue weighted by Gasteiger charge is 2.26. The van der Waals surface area contributed by atoms with E-state index in [1.807, 2.05) is 0 Å². The van der Waals surface area contributed by atoms with E-state index in [1.165, 1.54) is 24.3 Å². The number of ether oxygens (including phenoxy) is 2. The molecule has 0 spiro atoms. The molecule has 0 aliphatic carbocycles. The Hall–Kier alpha value is -3.95. The van der Waals surface area contributed by atoms with Gasteiger partial charge in [0.2, 0.25) is 11.8 Å². The Kier molecular flexibility index (Phi) is 5.78. The van der Waals surface area contributed by atoms with Crippen LogP contribution in [-0.4, -0.2) is 48.2 Å². The maximum absolute atomic E-state index is 13.0. The monoisotopic (exact) mass is 426 g/mol. The molecule has 9 nitrogen and oxygen atoms in total. The fraction of sp³-hybridized carbons (Fsp3) is 0.238. The van der Waals surface area contributed by atoms with Gasteiger partial charge in [-0.2, -0.15) is 5.10 Å². The van der Waals surface area contributed by atoms with Crippen LogP contribution in [0.1, 0.15) is 12.8 Å². The Labute approximate surface area is 176 Å². The molecule has 2 N–H and O–H groups in total. The molecule has 2 aromatic rings. The Balaban J connectivity index is 1.39. The average molecular weight is 426 g/mol. The molecule has 0 atom stereocenters. The first-order valence-electron chi connectivity index (χ1n) is 9.62. The van der Waals surface area contributed by atoms with Crippen LogP contribution in [0.2, 0.25) is 0 Å². The molecule has 0 saturated heterocycles. The smallest absolute Gasteiger partial charge is 0.271 e. The number of amides is 3. The van der Waals surface area contributed by atoms with Gasteiger partial charge in [0.1, 0.15) is 31.3 Å². The summed E-state index contributed by atoms with van der Waals surface area (Å²) in [5.41, 5.74) is 0.988. The molecule has 0 unspecified atom stereocenters. The number of rotatable bonds is 5. The minimum absolute atomic E-state index is 0.0486. The summed E-state index contributed by atoms with van der Waals surface area (Å²) in [6.07, 6.45) is 0.194. The van der Waals surface area contributed by atoms with Crippen molar-refractivity contribution in [1.82, 2.24) is 5.01 Å². The summed E-state index contributed by atoms with van der Waals surface area (Å²) in [5, 5.41) is 10.3. The van der Waals surface area contributed by atoms with Crippen LogP contribution in [0.3, 0.4) is 0 Å². The fourth-order valence-corrected chi connectivity index (χ4v) is 3.08. The number of anilines is 2. The van der Waals surface area contributed by atoms with Crippen molar-refractivity contribution in [3.8, 4) is 11.5 Å². The molecule has 3 amide bonds. The largest absolute Gasteiger partial charge is 0.486 e. The lowest BCUT2D eigenvalue weighted by atomic mass is 10.1. The molecule has 2 aliphatic rings. The van der Waals surface area contributed by atoms with Crippen LogP contribution in [0.5, 0.6) is 11.5 Å². The second-order valence-corrected chi connectivity index (χ2v) is 6.87. The number of benzene rings is 2. The van der Waals surface area contributed by atoms with E-state index in [-0.39, 0.29) is 31.0 Å². The van der Waals surface area contributed by atoms with Crippen LogP contribution >= 0.6 is 0 Å². The quantitative estimate of drug-likeness (QED) is 0.762. The summed E-state index contributed by atoms with van der Waals surface area (Å²) in [7, 11) is 0. The van der Waals surface area contributed by atoms with E-state index in [0.717, 1.165) is 5.01 Å². The van der Waals surface area contributed by atoms with Crippen LogP contribution in [-0.2, 0) is 14.4 Å². The van der Waals surface area contributed by atoms with Crippen LogP contribution < -0.4 is 20.1 Å². The molecule has 0 fully saturated rings. The number of carbonyl (C=O) groups excluding carboxylic acids is 3. The van der Waals surface area contributed by atoms with Crippen molar-refractivity contribution in [2.45, 2.75) is 12.8 Å². The van der Waals surface area contributed by atoms with Crippen LogP contribution in [0, 0.1) is 5.82 Å². The van der Waals surface area contributed by atoms with Gasteiger partial charge in [-0.25, -0.2) is 9.40 Å². The van der Waals surface area contributed by atoms with Crippen molar-refractivity contribution in [1.29, 1.82) is 0 Å². The third-order valence-corrected chi connectivity index (χ3v) is 4.59. The van der Waals surface area contributed by atoms with Gasteiger partial charge in [0.25, 0.3) is 5.91 Å². The van der Waals surface area contributed by atoms with Gasteiger partial charge in [0, 0.05) is 30.3 Å². The Morgan fingerprint density at radius 2 is 1.68 bits per heavy atom. The first kappa shape index (κ1) is 20.3. The molecule has 0 saturated carbocycles. The molecule has 2 aromatic carbocycles. The molecule has 31 heavy (non-hydrogen) atoms. The van der Waals surface area contributed by atoms with Crippen LogP contribution in [0.25, 0.3) is 0 Å². The Bertz CT molecular complexity index is 1050. The number of halogens is 1. The molecule has 0 bridgehead atoms. The van der Waals surface area contributed by atoms with E-state index in [4.69, 9.17) is 9.47 Å². The molecular weight excluding hydrogens is 407 g/mol. The van der Waals surface area contributed by atoms with Gasteiger partial charge in [0.15, 0.2) is 11.5 Å². The van der Waals surface area contributed by atoms with Gasteiger partial charge in [-0.15, -0.1) is 0 Å². The molecule has 4 rings (SSSR count). The third-order valence-electron chi connectivity index (χ3n) is 4.59. The standard InChI is InChI=1S/C21H19FN4O5/c22-13-1-3-14(4-2-13)24-21(29)16-6-8-20(28)26(25-16)12-19(27)23-15-5-7-17-18(11-15)31-10-9-30-17/h1-5,7,11H,6,8-10,12H2,(H,23,27)(H,24,29). The fourth-order valence-electron chi connectivity index (χ4n) is 3.08. The number of nitrogens with zero attached hydrogens (tertiary/aromatic N) is 2. The molecule has 160 valence electrons. The maximum Gasteiger partial charge on any atom is 0.271 e. The summed E-state index contributed by atoms with van der Waals surface area (Å²) in [6.45, 7) is 0.537. The third kappa shape index (κ3) is 4.97. The van der Waals surface area contributed by atoms with Gasteiger partial charge >= 0.3 is 0 Å². The van der Waals surface area contributed by atoms with Gasteiger partial charge < -0.3 is 20.1 Å². The molecule has 2 aliphatic heterocycles. The van der Waals surface area contributed by atoms with Crippen molar-refractivity contribution in [2.24, 2.45) is 5.10 Å². The van der Waals surface area contributed by atoms with Crippen molar-refractivity contribution >= 4 is 34.8 Å². The average Bonchev–Trinajstić information content (AvgIpc) is 2.76. The number of fused-ring (bicyclic) bond motifs is 1. The number of hydrogen-bond donors (Lipinski definition) is 2.